The van der Waals surface area contributed by atoms with Crippen LogP contribution in [0.2, 0.25) is 0 Å². The van der Waals surface area contributed by atoms with Crippen LogP contribution in [0.1, 0.15) is 71.2 Å². The molecule has 11 heteroatoms. The Kier molecular flexibility index (Phi) is 6.73. The molecule has 1 aromatic heterocycles. The summed E-state index contributed by atoms with van der Waals surface area (Å²) in [4.78, 5) is 17.1. The van der Waals surface area contributed by atoms with Gasteiger partial charge in [0, 0.05) is 49.3 Å². The molecule has 3 aliphatic rings. The molecule has 0 saturated carbocycles. The minimum absolute atomic E-state index is 0.0143. The highest BCUT2D eigenvalue weighted by molar-refractivity contribution is 6.10. The molecule has 41 heavy (non-hydrogen) atoms. The zero-order valence-corrected chi connectivity index (χ0v) is 23.3. The SMILES string of the molecule is C[C@H](c1cc2c(c(C(F)(F)F)c1)CN(c1cccc(C3(Cc4nncn4C)COC3)c1)C2=O)N1CCC(C)(F)CC1. The number of rotatable bonds is 6. The highest BCUT2D eigenvalue weighted by Gasteiger charge is 2.44. The second-order valence-corrected chi connectivity index (χ2v) is 12.0. The average molecular weight is 572 g/mol. The van der Waals surface area contributed by atoms with E-state index in [-0.39, 0.29) is 29.1 Å². The number of hydrogen-bond acceptors (Lipinski definition) is 5. The number of fused-ring (bicyclic) bond motifs is 1. The molecule has 0 unspecified atom stereocenters. The average Bonchev–Trinajstić information content (AvgIpc) is 3.46. The number of amides is 1. The molecule has 0 spiro atoms. The molecule has 0 radical (unpaired) electrons. The number of alkyl halides is 4. The molecule has 1 amide bonds. The van der Waals surface area contributed by atoms with Crippen molar-refractivity contribution >= 4 is 11.6 Å². The van der Waals surface area contributed by atoms with Gasteiger partial charge in [0.2, 0.25) is 0 Å². The summed E-state index contributed by atoms with van der Waals surface area (Å²) in [5.74, 6) is 0.337. The molecule has 218 valence electrons. The van der Waals surface area contributed by atoms with E-state index >= 15 is 0 Å². The minimum atomic E-state index is -4.62. The van der Waals surface area contributed by atoms with Gasteiger partial charge in [0.1, 0.15) is 17.8 Å². The van der Waals surface area contributed by atoms with E-state index in [1.165, 1.54) is 11.0 Å². The quantitative estimate of drug-likeness (QED) is 0.372. The first-order valence-electron chi connectivity index (χ1n) is 13.9. The standard InChI is InChI=1S/C30H33F4N5O2/c1-19(38-9-7-28(2,31)8-10-38)20-11-23-24(25(12-20)30(32,33)34)15-39(27(23)40)22-6-4-5-21(13-22)29(16-41-17-29)14-26-36-35-18-37(26)3/h4-6,11-13,18-19H,7-10,14-17H2,1-3H3/t19-/m1/s1. The Morgan fingerprint density at radius 3 is 2.46 bits per heavy atom. The topological polar surface area (TPSA) is 63.5 Å². The number of benzene rings is 2. The van der Waals surface area contributed by atoms with E-state index in [1.807, 2.05) is 41.6 Å². The molecule has 0 bridgehead atoms. The lowest BCUT2D eigenvalue weighted by Gasteiger charge is -2.42. The minimum Gasteiger partial charge on any atom is -0.379 e. The van der Waals surface area contributed by atoms with Gasteiger partial charge in [-0.25, -0.2) is 4.39 Å². The van der Waals surface area contributed by atoms with E-state index in [4.69, 9.17) is 4.74 Å². The maximum Gasteiger partial charge on any atom is 0.416 e. The maximum absolute atomic E-state index is 14.4. The Morgan fingerprint density at radius 2 is 1.85 bits per heavy atom. The number of ether oxygens (including phenoxy) is 1. The third-order valence-corrected chi connectivity index (χ3v) is 9.07. The summed E-state index contributed by atoms with van der Waals surface area (Å²) in [6, 6.07) is 9.79. The van der Waals surface area contributed by atoms with Crippen LogP contribution in [0.3, 0.4) is 0 Å². The predicted octanol–water partition coefficient (Wildman–Crippen LogP) is 5.39. The van der Waals surface area contributed by atoms with Crippen LogP contribution >= 0.6 is 0 Å². The molecule has 2 fully saturated rings. The lowest BCUT2D eigenvalue weighted by molar-refractivity contribution is -0.138. The van der Waals surface area contributed by atoms with Gasteiger partial charge in [-0.15, -0.1) is 10.2 Å². The highest BCUT2D eigenvalue weighted by atomic mass is 19.4. The van der Waals surface area contributed by atoms with E-state index in [0.717, 1.165) is 11.4 Å². The van der Waals surface area contributed by atoms with Crippen LogP contribution in [-0.2, 0) is 36.3 Å². The van der Waals surface area contributed by atoms with Crippen molar-refractivity contribution < 1.29 is 27.1 Å². The number of halogens is 4. The van der Waals surface area contributed by atoms with Crippen LogP contribution in [0.25, 0.3) is 0 Å². The number of aryl methyl sites for hydroxylation is 1. The van der Waals surface area contributed by atoms with Crippen LogP contribution in [0, 0.1) is 0 Å². The van der Waals surface area contributed by atoms with E-state index in [1.54, 1.807) is 25.4 Å². The summed E-state index contributed by atoms with van der Waals surface area (Å²) >= 11 is 0. The maximum atomic E-state index is 14.4. The molecule has 4 heterocycles. The molecule has 0 N–H and O–H groups in total. The number of anilines is 1. The zero-order chi connectivity index (χ0) is 29.2. The number of piperidine rings is 1. The fourth-order valence-electron chi connectivity index (χ4n) is 6.21. The Labute approximate surface area is 236 Å². The summed E-state index contributed by atoms with van der Waals surface area (Å²) in [7, 11) is 1.87. The summed E-state index contributed by atoms with van der Waals surface area (Å²) in [5.41, 5.74) is -0.485. The molecule has 6 rings (SSSR count). The van der Waals surface area contributed by atoms with Gasteiger partial charge in [0.25, 0.3) is 5.91 Å². The van der Waals surface area contributed by atoms with Gasteiger partial charge in [-0.2, -0.15) is 13.2 Å². The third-order valence-electron chi connectivity index (χ3n) is 9.07. The van der Waals surface area contributed by atoms with Crippen molar-refractivity contribution in [2.24, 2.45) is 7.05 Å². The van der Waals surface area contributed by atoms with Gasteiger partial charge < -0.3 is 14.2 Å². The highest BCUT2D eigenvalue weighted by Crippen LogP contribution is 2.43. The van der Waals surface area contributed by atoms with Gasteiger partial charge in [-0.1, -0.05) is 12.1 Å². The smallest absolute Gasteiger partial charge is 0.379 e. The second-order valence-electron chi connectivity index (χ2n) is 12.0. The van der Waals surface area contributed by atoms with Crippen molar-refractivity contribution in [3.8, 4) is 0 Å². The number of hydrogen-bond donors (Lipinski definition) is 0. The lowest BCUT2D eigenvalue weighted by atomic mass is 9.75. The summed E-state index contributed by atoms with van der Waals surface area (Å²) in [6.07, 6.45) is -1.77. The van der Waals surface area contributed by atoms with E-state index < -0.39 is 23.3 Å². The number of likely N-dealkylation sites (tertiary alicyclic amines) is 1. The molecular weight excluding hydrogens is 538 g/mol. The van der Waals surface area contributed by atoms with Crippen molar-refractivity contribution in [2.45, 2.75) is 63.0 Å². The largest absolute Gasteiger partial charge is 0.416 e. The van der Waals surface area contributed by atoms with Gasteiger partial charge >= 0.3 is 6.18 Å². The summed E-state index contributed by atoms with van der Waals surface area (Å²) in [6.45, 7) is 5.03. The van der Waals surface area contributed by atoms with Gasteiger partial charge in [-0.3, -0.25) is 9.69 Å². The number of aromatic nitrogens is 3. The van der Waals surface area contributed by atoms with Crippen molar-refractivity contribution in [3.05, 3.63) is 76.4 Å². The van der Waals surface area contributed by atoms with Crippen LogP contribution in [0.4, 0.5) is 23.2 Å². The molecule has 1 atom stereocenters. The normalized spacial score (nSPS) is 21.0. The number of carbonyl (C=O) groups is 1. The molecule has 0 aliphatic carbocycles. The van der Waals surface area contributed by atoms with E-state index in [9.17, 15) is 22.4 Å². The first-order chi connectivity index (χ1) is 19.4. The van der Waals surface area contributed by atoms with Crippen LogP contribution < -0.4 is 4.90 Å². The van der Waals surface area contributed by atoms with Gasteiger partial charge in [0.15, 0.2) is 0 Å². The fourth-order valence-corrected chi connectivity index (χ4v) is 6.21. The van der Waals surface area contributed by atoms with E-state index in [0.29, 0.717) is 56.8 Å². The van der Waals surface area contributed by atoms with Gasteiger partial charge in [0.05, 0.1) is 25.3 Å². The Balaban J connectivity index is 1.31. The molecule has 2 aromatic carbocycles. The Bertz CT molecular complexity index is 1470. The van der Waals surface area contributed by atoms with Crippen molar-refractivity contribution in [1.82, 2.24) is 19.7 Å². The fraction of sp³-hybridized carbons (Fsp3) is 0.500. The molecule has 3 aliphatic heterocycles. The first kappa shape index (κ1) is 27.8. The Hall–Kier alpha value is -3.31. The van der Waals surface area contributed by atoms with Crippen LogP contribution in [0.15, 0.2) is 42.7 Å². The second kappa shape index (κ2) is 9.90. The first-order valence-corrected chi connectivity index (χ1v) is 13.9. The molecular formula is C30H33F4N5O2. The molecule has 3 aromatic rings. The van der Waals surface area contributed by atoms with Crippen molar-refractivity contribution in [2.75, 3.05) is 31.2 Å². The molecule has 2 saturated heterocycles. The zero-order valence-electron chi connectivity index (χ0n) is 23.3. The van der Waals surface area contributed by atoms with Crippen molar-refractivity contribution in [3.63, 3.8) is 0 Å². The van der Waals surface area contributed by atoms with Crippen LogP contribution in [-0.4, -0.2) is 57.5 Å². The molecule has 7 nitrogen and oxygen atoms in total. The van der Waals surface area contributed by atoms with Crippen LogP contribution in [0.5, 0.6) is 0 Å². The monoisotopic (exact) mass is 571 g/mol. The van der Waals surface area contributed by atoms with Crippen molar-refractivity contribution in [1.29, 1.82) is 0 Å². The number of carbonyl (C=O) groups excluding carboxylic acids is 1. The third kappa shape index (κ3) is 5.03. The lowest BCUT2D eigenvalue weighted by Crippen LogP contribution is -2.49. The van der Waals surface area contributed by atoms with E-state index in [2.05, 4.69) is 10.2 Å². The predicted molar refractivity (Wildman–Crippen MR) is 144 cm³/mol. The summed E-state index contributed by atoms with van der Waals surface area (Å²) in [5, 5.41) is 8.17. The van der Waals surface area contributed by atoms with Gasteiger partial charge in [-0.05, 0) is 67.6 Å². The Morgan fingerprint density at radius 1 is 1.12 bits per heavy atom. The summed E-state index contributed by atoms with van der Waals surface area (Å²) < 4.78 is 64.9. The number of nitrogens with zero attached hydrogens (tertiary/aromatic N) is 5.